The molecule has 2 saturated heterocycles. The summed E-state index contributed by atoms with van der Waals surface area (Å²) in [4.78, 5) is 2.49. The zero-order valence-electron chi connectivity index (χ0n) is 10.8. The highest BCUT2D eigenvalue weighted by atomic mass is 16.5. The molecular weight excluding hydrogens is 198 g/mol. The Kier molecular flexibility index (Phi) is 2.97. The van der Waals surface area contributed by atoms with Gasteiger partial charge in [-0.25, -0.2) is 0 Å². The van der Waals surface area contributed by atoms with E-state index in [1.165, 1.54) is 11.1 Å². The summed E-state index contributed by atoms with van der Waals surface area (Å²) in [5.74, 6) is 0.499. The maximum absolute atomic E-state index is 5.91. The first kappa shape index (κ1) is 11.9. The Labute approximate surface area is 99.0 Å². The SMILES string of the molecule is C=C1CC2C(COC(C)(C)C)C(=C)CN2C1. The number of hydrogen-bond donors (Lipinski definition) is 0. The molecule has 2 aliphatic heterocycles. The van der Waals surface area contributed by atoms with Crippen molar-refractivity contribution in [3.05, 3.63) is 24.3 Å². The van der Waals surface area contributed by atoms with Gasteiger partial charge in [0.1, 0.15) is 0 Å². The van der Waals surface area contributed by atoms with Crippen LogP contribution in [0.1, 0.15) is 27.2 Å². The van der Waals surface area contributed by atoms with E-state index in [-0.39, 0.29) is 5.60 Å². The molecule has 0 aliphatic carbocycles. The van der Waals surface area contributed by atoms with Crippen LogP contribution < -0.4 is 0 Å². The second-order valence-corrected chi connectivity index (χ2v) is 6.11. The van der Waals surface area contributed by atoms with Gasteiger partial charge in [0.05, 0.1) is 12.2 Å². The third-order valence-corrected chi connectivity index (χ3v) is 3.48. The Balaban J connectivity index is 1.98. The molecule has 0 aromatic carbocycles. The van der Waals surface area contributed by atoms with Crippen LogP contribution in [0.15, 0.2) is 24.3 Å². The predicted molar refractivity (Wildman–Crippen MR) is 67.5 cm³/mol. The highest BCUT2D eigenvalue weighted by Crippen LogP contribution is 2.37. The molecule has 2 nitrogen and oxygen atoms in total. The average molecular weight is 221 g/mol. The van der Waals surface area contributed by atoms with E-state index in [0.717, 1.165) is 26.1 Å². The minimum Gasteiger partial charge on any atom is -0.375 e. The lowest BCUT2D eigenvalue weighted by Gasteiger charge is -2.25. The van der Waals surface area contributed by atoms with E-state index >= 15 is 0 Å². The van der Waals surface area contributed by atoms with Crippen molar-refractivity contribution in [3.63, 3.8) is 0 Å². The van der Waals surface area contributed by atoms with Crippen molar-refractivity contribution in [2.45, 2.75) is 38.8 Å². The molecule has 2 aliphatic rings. The monoisotopic (exact) mass is 221 g/mol. The summed E-state index contributed by atoms with van der Waals surface area (Å²) >= 11 is 0. The largest absolute Gasteiger partial charge is 0.375 e. The van der Waals surface area contributed by atoms with E-state index in [0.29, 0.717) is 12.0 Å². The van der Waals surface area contributed by atoms with Crippen molar-refractivity contribution in [2.24, 2.45) is 5.92 Å². The summed E-state index contributed by atoms with van der Waals surface area (Å²) in [7, 11) is 0. The molecule has 0 aromatic rings. The van der Waals surface area contributed by atoms with E-state index in [2.05, 4.69) is 38.8 Å². The maximum Gasteiger partial charge on any atom is 0.0598 e. The number of ether oxygens (including phenoxy) is 1. The summed E-state index contributed by atoms with van der Waals surface area (Å²) in [5, 5.41) is 0. The molecule has 0 spiro atoms. The molecule has 0 bridgehead atoms. The van der Waals surface area contributed by atoms with Gasteiger partial charge in [0.15, 0.2) is 0 Å². The van der Waals surface area contributed by atoms with Gasteiger partial charge in [0.25, 0.3) is 0 Å². The van der Waals surface area contributed by atoms with Gasteiger partial charge in [-0.05, 0) is 27.2 Å². The van der Waals surface area contributed by atoms with Crippen LogP contribution in [0.2, 0.25) is 0 Å². The first-order valence-electron chi connectivity index (χ1n) is 6.09. The normalized spacial score (nSPS) is 31.2. The topological polar surface area (TPSA) is 12.5 Å². The fourth-order valence-electron chi connectivity index (χ4n) is 2.68. The van der Waals surface area contributed by atoms with Crippen LogP contribution in [0.5, 0.6) is 0 Å². The van der Waals surface area contributed by atoms with Crippen LogP contribution in [0, 0.1) is 5.92 Å². The predicted octanol–water partition coefficient (Wildman–Crippen LogP) is 2.62. The second-order valence-electron chi connectivity index (χ2n) is 6.11. The molecule has 2 atom stereocenters. The lowest BCUT2D eigenvalue weighted by atomic mass is 9.94. The first-order chi connectivity index (χ1) is 7.37. The molecule has 90 valence electrons. The average Bonchev–Trinajstić information content (AvgIpc) is 2.56. The van der Waals surface area contributed by atoms with Crippen LogP contribution in [0.4, 0.5) is 0 Å². The van der Waals surface area contributed by atoms with Crippen LogP contribution in [-0.4, -0.2) is 36.2 Å². The van der Waals surface area contributed by atoms with Crippen LogP contribution in [0.25, 0.3) is 0 Å². The quantitative estimate of drug-likeness (QED) is 0.665. The standard InChI is InChI=1S/C14H23NO/c1-10-6-13-12(9-16-14(3,4)5)11(2)8-15(13)7-10/h12-13H,1-2,6-9H2,3-5H3. The molecule has 2 rings (SSSR count). The van der Waals surface area contributed by atoms with E-state index in [1.807, 2.05) is 0 Å². The zero-order valence-corrected chi connectivity index (χ0v) is 10.8. The highest BCUT2D eigenvalue weighted by Gasteiger charge is 2.41. The first-order valence-corrected chi connectivity index (χ1v) is 6.09. The van der Waals surface area contributed by atoms with Gasteiger partial charge in [-0.1, -0.05) is 24.3 Å². The fourth-order valence-corrected chi connectivity index (χ4v) is 2.68. The lowest BCUT2D eigenvalue weighted by molar-refractivity contribution is -0.0211. The summed E-state index contributed by atoms with van der Waals surface area (Å²) in [6.45, 7) is 17.5. The van der Waals surface area contributed by atoms with Gasteiger partial charge >= 0.3 is 0 Å². The highest BCUT2D eigenvalue weighted by molar-refractivity contribution is 5.23. The number of fused-ring (bicyclic) bond motifs is 1. The smallest absolute Gasteiger partial charge is 0.0598 e. The second kappa shape index (κ2) is 4.01. The van der Waals surface area contributed by atoms with Gasteiger partial charge in [-0.15, -0.1) is 0 Å². The Bertz CT molecular complexity index is 313. The van der Waals surface area contributed by atoms with Gasteiger partial charge in [-0.3, -0.25) is 4.90 Å². The van der Waals surface area contributed by atoms with Crippen LogP contribution in [0.3, 0.4) is 0 Å². The molecule has 2 heteroatoms. The Morgan fingerprint density at radius 2 is 2.00 bits per heavy atom. The Morgan fingerprint density at radius 1 is 1.31 bits per heavy atom. The maximum atomic E-state index is 5.91. The van der Waals surface area contributed by atoms with Crippen LogP contribution in [-0.2, 0) is 4.74 Å². The van der Waals surface area contributed by atoms with Crippen molar-refractivity contribution in [1.82, 2.24) is 4.90 Å². The van der Waals surface area contributed by atoms with E-state index < -0.39 is 0 Å². The number of hydrogen-bond acceptors (Lipinski definition) is 2. The van der Waals surface area contributed by atoms with Gasteiger partial charge in [0.2, 0.25) is 0 Å². The number of rotatable bonds is 2. The van der Waals surface area contributed by atoms with Crippen molar-refractivity contribution in [3.8, 4) is 0 Å². The summed E-state index contributed by atoms with van der Waals surface area (Å²) in [5.41, 5.74) is 2.64. The van der Waals surface area contributed by atoms with E-state index in [4.69, 9.17) is 4.74 Å². The van der Waals surface area contributed by atoms with Crippen molar-refractivity contribution in [1.29, 1.82) is 0 Å². The van der Waals surface area contributed by atoms with Gasteiger partial charge in [-0.2, -0.15) is 0 Å². The van der Waals surface area contributed by atoms with Crippen molar-refractivity contribution < 1.29 is 4.74 Å². The molecule has 2 heterocycles. The van der Waals surface area contributed by atoms with Crippen LogP contribution >= 0.6 is 0 Å². The zero-order chi connectivity index (χ0) is 11.9. The molecule has 2 fully saturated rings. The van der Waals surface area contributed by atoms with Crippen molar-refractivity contribution in [2.75, 3.05) is 19.7 Å². The fraction of sp³-hybridized carbons (Fsp3) is 0.714. The molecule has 0 aromatic heterocycles. The van der Waals surface area contributed by atoms with E-state index in [1.54, 1.807) is 0 Å². The molecule has 0 saturated carbocycles. The minimum atomic E-state index is -0.0523. The van der Waals surface area contributed by atoms with Gasteiger partial charge < -0.3 is 4.74 Å². The molecule has 0 radical (unpaired) electrons. The molecule has 0 N–H and O–H groups in total. The third-order valence-electron chi connectivity index (χ3n) is 3.48. The number of nitrogens with zero attached hydrogens (tertiary/aromatic N) is 1. The third kappa shape index (κ3) is 2.38. The van der Waals surface area contributed by atoms with Crippen molar-refractivity contribution >= 4 is 0 Å². The summed E-state index contributed by atoms with van der Waals surface area (Å²) in [6, 6.07) is 0.599. The molecular formula is C14H23NO. The Morgan fingerprint density at radius 3 is 2.62 bits per heavy atom. The molecule has 0 amide bonds. The molecule has 2 unspecified atom stereocenters. The molecule has 16 heavy (non-hydrogen) atoms. The Hall–Kier alpha value is -0.600. The van der Waals surface area contributed by atoms with Gasteiger partial charge in [0, 0.05) is 25.0 Å². The minimum absolute atomic E-state index is 0.0523. The van der Waals surface area contributed by atoms with E-state index in [9.17, 15) is 0 Å². The lowest BCUT2D eigenvalue weighted by Crippen LogP contribution is -2.31. The summed E-state index contributed by atoms with van der Waals surface area (Å²) in [6.07, 6.45) is 1.12. The summed E-state index contributed by atoms with van der Waals surface area (Å²) < 4.78 is 5.91.